The van der Waals surface area contributed by atoms with Crippen molar-refractivity contribution in [3.8, 4) is 0 Å². The Hall–Kier alpha value is -0.610. The first kappa shape index (κ1) is 13.5. The highest BCUT2D eigenvalue weighted by Crippen LogP contribution is 2.33. The van der Waals surface area contributed by atoms with Crippen molar-refractivity contribution in [2.45, 2.75) is 27.2 Å². The summed E-state index contributed by atoms with van der Waals surface area (Å²) >= 11 is 0. The summed E-state index contributed by atoms with van der Waals surface area (Å²) in [6, 6.07) is 0. The zero-order valence-electron chi connectivity index (χ0n) is 10.7. The van der Waals surface area contributed by atoms with E-state index in [2.05, 4.69) is 20.8 Å². The lowest BCUT2D eigenvalue weighted by Crippen LogP contribution is -2.31. The molecule has 1 atom stereocenters. The SMILES string of the molecule is CC(C)(C)C1CC(=O)N(CCOCCN)C1. The highest BCUT2D eigenvalue weighted by atomic mass is 16.5. The van der Waals surface area contributed by atoms with E-state index in [0.717, 1.165) is 6.54 Å². The molecule has 1 amide bonds. The summed E-state index contributed by atoms with van der Waals surface area (Å²) in [5.41, 5.74) is 5.53. The van der Waals surface area contributed by atoms with Crippen molar-refractivity contribution in [1.29, 1.82) is 0 Å². The van der Waals surface area contributed by atoms with Crippen LogP contribution in [0.15, 0.2) is 0 Å². The van der Waals surface area contributed by atoms with Crippen LogP contribution in [-0.4, -0.2) is 43.7 Å². The first-order valence-corrected chi connectivity index (χ1v) is 6.00. The lowest BCUT2D eigenvalue weighted by atomic mass is 9.80. The Morgan fingerprint density at radius 1 is 1.44 bits per heavy atom. The Balaban J connectivity index is 2.31. The highest BCUT2D eigenvalue weighted by Gasteiger charge is 2.36. The molecule has 0 spiro atoms. The summed E-state index contributed by atoms with van der Waals surface area (Å²) in [4.78, 5) is 13.6. The maximum Gasteiger partial charge on any atom is 0.223 e. The van der Waals surface area contributed by atoms with Crippen molar-refractivity contribution in [3.05, 3.63) is 0 Å². The van der Waals surface area contributed by atoms with Gasteiger partial charge in [-0.05, 0) is 11.3 Å². The normalized spacial score (nSPS) is 21.9. The molecule has 1 heterocycles. The molecule has 1 unspecified atom stereocenters. The summed E-state index contributed by atoms with van der Waals surface area (Å²) in [6.45, 7) is 9.86. The molecule has 1 aliphatic rings. The zero-order chi connectivity index (χ0) is 12.2. The Bertz CT molecular complexity index is 236. The monoisotopic (exact) mass is 228 g/mol. The molecular formula is C12H24N2O2. The number of carbonyl (C=O) groups excluding carboxylic acids is 1. The summed E-state index contributed by atoms with van der Waals surface area (Å²) in [5.74, 6) is 0.728. The van der Waals surface area contributed by atoms with Crippen molar-refractivity contribution in [1.82, 2.24) is 4.90 Å². The van der Waals surface area contributed by atoms with Crippen LogP contribution in [0.1, 0.15) is 27.2 Å². The number of carbonyl (C=O) groups is 1. The van der Waals surface area contributed by atoms with Gasteiger partial charge in [-0.2, -0.15) is 0 Å². The van der Waals surface area contributed by atoms with Crippen molar-refractivity contribution >= 4 is 5.91 Å². The fourth-order valence-electron chi connectivity index (χ4n) is 1.93. The van der Waals surface area contributed by atoms with E-state index in [1.54, 1.807) is 0 Å². The van der Waals surface area contributed by atoms with Crippen LogP contribution < -0.4 is 5.73 Å². The minimum absolute atomic E-state index is 0.211. The predicted octanol–water partition coefficient (Wildman–Crippen LogP) is 0.856. The number of nitrogens with two attached hydrogens (primary N) is 1. The second-order valence-electron chi connectivity index (χ2n) is 5.51. The molecule has 0 aromatic rings. The van der Waals surface area contributed by atoms with Gasteiger partial charge in [0.15, 0.2) is 0 Å². The molecule has 0 saturated carbocycles. The minimum atomic E-state index is 0.211. The summed E-state index contributed by atoms with van der Waals surface area (Å²) in [5, 5.41) is 0. The van der Waals surface area contributed by atoms with Gasteiger partial charge in [0.1, 0.15) is 0 Å². The van der Waals surface area contributed by atoms with Gasteiger partial charge in [-0.1, -0.05) is 20.8 Å². The fraction of sp³-hybridized carbons (Fsp3) is 0.917. The van der Waals surface area contributed by atoms with Crippen LogP contribution in [0.3, 0.4) is 0 Å². The van der Waals surface area contributed by atoms with Crippen molar-refractivity contribution < 1.29 is 9.53 Å². The van der Waals surface area contributed by atoms with Gasteiger partial charge >= 0.3 is 0 Å². The smallest absolute Gasteiger partial charge is 0.223 e. The van der Waals surface area contributed by atoms with Gasteiger partial charge < -0.3 is 15.4 Å². The average molecular weight is 228 g/mol. The predicted molar refractivity (Wildman–Crippen MR) is 64.0 cm³/mol. The van der Waals surface area contributed by atoms with Crippen LogP contribution in [0.4, 0.5) is 0 Å². The average Bonchev–Trinajstić information content (AvgIpc) is 2.55. The van der Waals surface area contributed by atoms with E-state index >= 15 is 0 Å². The molecular weight excluding hydrogens is 204 g/mol. The van der Waals surface area contributed by atoms with Gasteiger partial charge in [0.2, 0.25) is 5.91 Å². The van der Waals surface area contributed by atoms with Gasteiger partial charge in [0.25, 0.3) is 0 Å². The Morgan fingerprint density at radius 2 is 2.12 bits per heavy atom. The lowest BCUT2D eigenvalue weighted by Gasteiger charge is -2.26. The molecule has 0 radical (unpaired) electrons. The van der Waals surface area contributed by atoms with Crippen molar-refractivity contribution in [2.24, 2.45) is 17.1 Å². The Kier molecular flexibility index (Phi) is 4.74. The molecule has 4 nitrogen and oxygen atoms in total. The van der Waals surface area contributed by atoms with Crippen LogP contribution in [0.5, 0.6) is 0 Å². The summed E-state index contributed by atoms with van der Waals surface area (Å²) in [7, 11) is 0. The van der Waals surface area contributed by atoms with E-state index in [-0.39, 0.29) is 11.3 Å². The third kappa shape index (κ3) is 3.76. The van der Waals surface area contributed by atoms with Crippen LogP contribution in [-0.2, 0) is 9.53 Å². The van der Waals surface area contributed by atoms with Crippen LogP contribution in [0.25, 0.3) is 0 Å². The Labute approximate surface area is 98.1 Å². The standard InChI is InChI=1S/C12H24N2O2/c1-12(2,3)10-8-11(15)14(9-10)5-7-16-6-4-13/h10H,4-9,13H2,1-3H3. The van der Waals surface area contributed by atoms with Gasteiger partial charge in [-0.25, -0.2) is 0 Å². The topological polar surface area (TPSA) is 55.6 Å². The van der Waals surface area contributed by atoms with Gasteiger partial charge in [0, 0.05) is 26.1 Å². The number of hydrogen-bond donors (Lipinski definition) is 1. The largest absolute Gasteiger partial charge is 0.378 e. The number of amides is 1. The van der Waals surface area contributed by atoms with Gasteiger partial charge in [-0.15, -0.1) is 0 Å². The number of hydrogen-bond acceptors (Lipinski definition) is 3. The molecule has 94 valence electrons. The first-order chi connectivity index (χ1) is 7.45. The van der Waals surface area contributed by atoms with E-state index in [1.807, 2.05) is 4.90 Å². The second kappa shape index (κ2) is 5.64. The third-order valence-corrected chi connectivity index (χ3v) is 3.21. The Morgan fingerprint density at radius 3 is 2.62 bits per heavy atom. The highest BCUT2D eigenvalue weighted by molar-refractivity contribution is 5.78. The first-order valence-electron chi connectivity index (χ1n) is 6.00. The van der Waals surface area contributed by atoms with Crippen LogP contribution in [0.2, 0.25) is 0 Å². The van der Waals surface area contributed by atoms with E-state index < -0.39 is 0 Å². The molecule has 1 aliphatic heterocycles. The molecule has 1 fully saturated rings. The van der Waals surface area contributed by atoms with Gasteiger partial charge in [0.05, 0.1) is 13.2 Å². The van der Waals surface area contributed by atoms with Crippen molar-refractivity contribution in [3.63, 3.8) is 0 Å². The van der Waals surface area contributed by atoms with E-state index in [9.17, 15) is 4.79 Å². The van der Waals surface area contributed by atoms with Crippen LogP contribution >= 0.6 is 0 Å². The maximum absolute atomic E-state index is 11.7. The quantitative estimate of drug-likeness (QED) is 0.710. The van der Waals surface area contributed by atoms with Crippen molar-refractivity contribution in [2.75, 3.05) is 32.8 Å². The number of rotatable bonds is 5. The summed E-state index contributed by atoms with van der Waals surface area (Å²) in [6.07, 6.45) is 0.681. The maximum atomic E-state index is 11.7. The number of ether oxygens (including phenoxy) is 1. The van der Waals surface area contributed by atoms with E-state index in [0.29, 0.717) is 38.6 Å². The summed E-state index contributed by atoms with van der Waals surface area (Å²) < 4.78 is 5.30. The fourth-order valence-corrected chi connectivity index (χ4v) is 1.93. The van der Waals surface area contributed by atoms with E-state index in [1.165, 1.54) is 0 Å². The van der Waals surface area contributed by atoms with E-state index in [4.69, 9.17) is 10.5 Å². The minimum Gasteiger partial charge on any atom is -0.378 e. The number of likely N-dealkylation sites (tertiary alicyclic amines) is 1. The third-order valence-electron chi connectivity index (χ3n) is 3.21. The molecule has 0 bridgehead atoms. The lowest BCUT2D eigenvalue weighted by molar-refractivity contribution is -0.128. The molecule has 0 aromatic carbocycles. The molecule has 4 heteroatoms. The molecule has 1 rings (SSSR count). The van der Waals surface area contributed by atoms with Gasteiger partial charge in [-0.3, -0.25) is 4.79 Å². The second-order valence-corrected chi connectivity index (χ2v) is 5.51. The molecule has 2 N–H and O–H groups in total. The molecule has 1 saturated heterocycles. The molecule has 0 aliphatic carbocycles. The molecule has 16 heavy (non-hydrogen) atoms. The van der Waals surface area contributed by atoms with Crippen LogP contribution in [0, 0.1) is 11.3 Å². The number of nitrogens with zero attached hydrogens (tertiary/aromatic N) is 1. The molecule has 0 aromatic heterocycles. The zero-order valence-corrected chi connectivity index (χ0v) is 10.7.